The van der Waals surface area contributed by atoms with E-state index in [2.05, 4.69) is 44.2 Å². The van der Waals surface area contributed by atoms with Crippen molar-refractivity contribution in [3.8, 4) is 0 Å². The zero-order valence-corrected chi connectivity index (χ0v) is 15.2. The summed E-state index contributed by atoms with van der Waals surface area (Å²) in [7, 11) is 0. The van der Waals surface area contributed by atoms with E-state index in [1.165, 1.54) is 52.3 Å². The molecule has 1 aliphatic rings. The van der Waals surface area contributed by atoms with Crippen molar-refractivity contribution in [2.75, 3.05) is 13.1 Å². The molecule has 3 rings (SSSR count). The molecular weight excluding hydrogens is 338 g/mol. The van der Waals surface area contributed by atoms with E-state index in [4.69, 9.17) is 0 Å². The average molecular weight is 364 g/mol. The van der Waals surface area contributed by atoms with E-state index < -0.39 is 0 Å². The molecule has 3 heteroatoms. The van der Waals surface area contributed by atoms with Crippen molar-refractivity contribution in [3.05, 3.63) is 47.0 Å². The molecule has 120 valence electrons. The van der Waals surface area contributed by atoms with Crippen molar-refractivity contribution in [1.29, 1.82) is 0 Å². The lowest BCUT2D eigenvalue weighted by atomic mass is 9.96. The molecule has 2 aromatic carbocycles. The molecule has 1 heterocycles. The van der Waals surface area contributed by atoms with Gasteiger partial charge < -0.3 is 26.6 Å². The summed E-state index contributed by atoms with van der Waals surface area (Å²) in [6.07, 6.45) is 2.45. The zero-order valence-electron chi connectivity index (χ0n) is 13.6. The Hall–Kier alpha value is -0.900. The minimum Gasteiger partial charge on any atom is -1.00 e. The molecule has 0 radical (unpaired) electrons. The van der Waals surface area contributed by atoms with E-state index in [1.807, 2.05) is 0 Å². The van der Waals surface area contributed by atoms with Crippen molar-refractivity contribution >= 4 is 10.8 Å². The number of benzene rings is 2. The van der Waals surface area contributed by atoms with E-state index in [1.54, 1.807) is 0 Å². The third-order valence-corrected chi connectivity index (χ3v) is 4.92. The van der Waals surface area contributed by atoms with Gasteiger partial charge in [0.2, 0.25) is 0 Å². The van der Waals surface area contributed by atoms with E-state index >= 15 is 0 Å². The van der Waals surface area contributed by atoms with Gasteiger partial charge in [-0.2, -0.15) is 0 Å². The second kappa shape index (κ2) is 7.12. The molecule has 2 aromatic rings. The lowest BCUT2D eigenvalue weighted by Gasteiger charge is -2.34. The Morgan fingerprint density at radius 3 is 2.36 bits per heavy atom. The molecule has 0 unspecified atom stereocenters. The van der Waals surface area contributed by atoms with Gasteiger partial charge in [-0.1, -0.05) is 38.1 Å². The third kappa shape index (κ3) is 2.94. The number of nitrogens with zero attached hydrogens (tertiary/aromatic N) is 1. The van der Waals surface area contributed by atoms with Gasteiger partial charge in [-0.3, -0.25) is 0 Å². The minimum atomic E-state index is 0. The highest BCUT2D eigenvalue weighted by molar-refractivity contribution is 5.87. The number of hydrogen-bond donors (Lipinski definition) is 1. The van der Waals surface area contributed by atoms with Crippen LogP contribution in [0.25, 0.3) is 10.8 Å². The molecule has 2 nitrogen and oxygen atoms in total. The third-order valence-electron chi connectivity index (χ3n) is 4.92. The average Bonchev–Trinajstić information content (AvgIpc) is 2.83. The van der Waals surface area contributed by atoms with Gasteiger partial charge in [0, 0.05) is 11.1 Å². The molecule has 0 aliphatic carbocycles. The van der Waals surface area contributed by atoms with Crippen LogP contribution in [0.5, 0.6) is 0 Å². The van der Waals surface area contributed by atoms with Crippen LogP contribution in [0.3, 0.4) is 0 Å². The first-order chi connectivity index (χ1) is 10.2. The Bertz CT molecular complexity index is 647. The second-order valence-electron chi connectivity index (χ2n) is 6.48. The van der Waals surface area contributed by atoms with Gasteiger partial charge in [0.05, 0.1) is 19.7 Å². The predicted octanol–water partition coefficient (Wildman–Crippen LogP) is 0.987. The predicted molar refractivity (Wildman–Crippen MR) is 87.9 cm³/mol. The van der Waals surface area contributed by atoms with Gasteiger partial charge in [0.15, 0.2) is 0 Å². The highest BCUT2D eigenvalue weighted by Gasteiger charge is 2.36. The largest absolute Gasteiger partial charge is 1.00 e. The van der Waals surface area contributed by atoms with Crippen LogP contribution in [0.15, 0.2) is 30.3 Å². The molecule has 1 aliphatic heterocycles. The molecule has 0 fully saturated rings. The molecule has 0 saturated carbocycles. The van der Waals surface area contributed by atoms with Crippen LogP contribution in [-0.4, -0.2) is 22.7 Å². The molecular formula is C19H26BrNO. The maximum atomic E-state index is 9.92. The quantitative estimate of drug-likeness (QED) is 0.785. The van der Waals surface area contributed by atoms with Crippen LogP contribution in [0, 0.1) is 0 Å². The maximum Gasteiger partial charge on any atom is 0.105 e. The smallest absolute Gasteiger partial charge is 0.105 e. The summed E-state index contributed by atoms with van der Waals surface area (Å²) in [4.78, 5) is 0. The first kappa shape index (κ1) is 17.5. The topological polar surface area (TPSA) is 20.2 Å². The van der Waals surface area contributed by atoms with Gasteiger partial charge in [0.1, 0.15) is 13.1 Å². The number of hydrogen-bond acceptors (Lipinski definition) is 1. The molecule has 0 spiro atoms. The van der Waals surface area contributed by atoms with Crippen LogP contribution in [0.1, 0.15) is 43.4 Å². The highest BCUT2D eigenvalue weighted by atomic mass is 79.9. The van der Waals surface area contributed by atoms with Crippen LogP contribution < -0.4 is 17.0 Å². The van der Waals surface area contributed by atoms with Crippen LogP contribution >= 0.6 is 0 Å². The van der Waals surface area contributed by atoms with Gasteiger partial charge in [-0.25, -0.2) is 0 Å². The Morgan fingerprint density at radius 1 is 1.05 bits per heavy atom. The van der Waals surface area contributed by atoms with Crippen molar-refractivity contribution in [1.82, 2.24) is 0 Å². The summed E-state index contributed by atoms with van der Waals surface area (Å²) in [5.74, 6) is 0. The lowest BCUT2D eigenvalue weighted by Crippen LogP contribution is -3.00. The van der Waals surface area contributed by atoms with Gasteiger partial charge in [-0.15, -0.1) is 0 Å². The lowest BCUT2D eigenvalue weighted by molar-refractivity contribution is -0.947. The molecule has 22 heavy (non-hydrogen) atoms. The van der Waals surface area contributed by atoms with E-state index in [9.17, 15) is 5.11 Å². The number of halogens is 1. The van der Waals surface area contributed by atoms with E-state index in [0.29, 0.717) is 0 Å². The van der Waals surface area contributed by atoms with E-state index in [-0.39, 0.29) is 23.6 Å². The Kier molecular flexibility index (Phi) is 5.65. The van der Waals surface area contributed by atoms with Crippen molar-refractivity contribution in [3.63, 3.8) is 0 Å². The van der Waals surface area contributed by atoms with Gasteiger partial charge in [0.25, 0.3) is 0 Å². The Morgan fingerprint density at radius 2 is 1.73 bits per heavy atom. The minimum absolute atomic E-state index is 0. The number of quaternary nitrogens is 1. The van der Waals surface area contributed by atoms with Crippen LogP contribution in [0.4, 0.5) is 0 Å². The molecule has 0 aromatic heterocycles. The first-order valence-electron chi connectivity index (χ1n) is 8.21. The number of aliphatic hydroxyl groups excluding tert-OH is 1. The van der Waals surface area contributed by atoms with Crippen molar-refractivity contribution in [2.24, 2.45) is 0 Å². The summed E-state index contributed by atoms with van der Waals surface area (Å²) in [6, 6.07) is 10.8. The number of aliphatic hydroxyl groups is 1. The standard InChI is InChI=1S/C19H26NO.BrH/c1-3-9-20(10-4-2)12-16-11-15-7-5-6-8-17(15)19(14-21)18(16)13-20;/h5-8,11,21H,3-4,9-10,12-14H2,1-2H3;1H/q+1;/p-1. The van der Waals surface area contributed by atoms with Crippen LogP contribution in [0.2, 0.25) is 0 Å². The fourth-order valence-electron chi connectivity index (χ4n) is 4.18. The molecule has 0 atom stereocenters. The van der Waals surface area contributed by atoms with E-state index in [0.717, 1.165) is 18.7 Å². The normalized spacial score (nSPS) is 15.6. The number of fused-ring (bicyclic) bond motifs is 2. The van der Waals surface area contributed by atoms with Gasteiger partial charge >= 0.3 is 0 Å². The summed E-state index contributed by atoms with van der Waals surface area (Å²) >= 11 is 0. The highest BCUT2D eigenvalue weighted by Crippen LogP contribution is 2.37. The molecule has 1 N–H and O–H groups in total. The molecule has 0 saturated heterocycles. The monoisotopic (exact) mass is 363 g/mol. The fraction of sp³-hybridized carbons (Fsp3) is 0.474. The maximum absolute atomic E-state index is 9.92. The molecule has 0 bridgehead atoms. The first-order valence-corrected chi connectivity index (χ1v) is 8.21. The second-order valence-corrected chi connectivity index (χ2v) is 6.48. The zero-order chi connectivity index (χ0) is 14.9. The van der Waals surface area contributed by atoms with Crippen molar-refractivity contribution in [2.45, 2.75) is 46.4 Å². The Balaban J connectivity index is 0.00000176. The van der Waals surface area contributed by atoms with Crippen molar-refractivity contribution < 1.29 is 26.6 Å². The number of rotatable bonds is 5. The summed E-state index contributed by atoms with van der Waals surface area (Å²) in [5, 5.41) is 12.4. The summed E-state index contributed by atoms with van der Waals surface area (Å²) in [6.45, 7) is 9.42. The van der Waals surface area contributed by atoms with Gasteiger partial charge in [-0.05, 0) is 35.2 Å². The summed E-state index contributed by atoms with van der Waals surface area (Å²) < 4.78 is 1.17. The SMILES string of the molecule is CCC[N+]1(CCC)Cc2cc3ccccc3c(CO)c2C1.[Br-]. The Labute approximate surface area is 144 Å². The van der Waals surface area contributed by atoms with Crippen LogP contribution in [-0.2, 0) is 19.7 Å². The fourth-order valence-corrected chi connectivity index (χ4v) is 4.18. The molecule has 0 amide bonds. The summed E-state index contributed by atoms with van der Waals surface area (Å²) in [5.41, 5.74) is 4.04.